The van der Waals surface area contributed by atoms with Gasteiger partial charge in [-0.15, -0.1) is 0 Å². The Bertz CT molecular complexity index is 908. The zero-order chi connectivity index (χ0) is 17.5. The summed E-state index contributed by atoms with van der Waals surface area (Å²) in [6.45, 7) is 0. The van der Waals surface area contributed by atoms with Crippen molar-refractivity contribution in [3.05, 3.63) is 59.8 Å². The predicted octanol–water partition coefficient (Wildman–Crippen LogP) is 4.65. The largest absolute Gasteiger partial charge is 0.465 e. The van der Waals surface area contributed by atoms with E-state index >= 15 is 0 Å². The van der Waals surface area contributed by atoms with Crippen LogP contribution in [0.4, 0.5) is 13.2 Å². The van der Waals surface area contributed by atoms with Gasteiger partial charge < -0.3 is 9.30 Å². The second-order valence-electron chi connectivity index (χ2n) is 5.45. The summed E-state index contributed by atoms with van der Waals surface area (Å²) in [5.41, 5.74) is 2.02. The normalized spacial score (nSPS) is 11.7. The maximum absolute atomic E-state index is 12.7. The average Bonchev–Trinajstić information content (AvgIpc) is 2.90. The Kier molecular flexibility index (Phi) is 3.83. The summed E-state index contributed by atoms with van der Waals surface area (Å²) in [5.74, 6) is -0.436. The number of carbonyl (C=O) groups is 1. The molecule has 0 aliphatic rings. The number of hydrogen-bond acceptors (Lipinski definition) is 2. The predicted molar refractivity (Wildman–Crippen MR) is 84.7 cm³/mol. The maximum atomic E-state index is 12.7. The third kappa shape index (κ3) is 2.75. The molecule has 0 saturated heterocycles. The minimum absolute atomic E-state index is 0.421. The molecule has 1 heterocycles. The summed E-state index contributed by atoms with van der Waals surface area (Å²) in [6, 6.07) is 10.1. The van der Waals surface area contributed by atoms with Crippen LogP contribution in [0, 0.1) is 0 Å². The van der Waals surface area contributed by atoms with Crippen molar-refractivity contribution in [1.29, 1.82) is 0 Å². The van der Waals surface area contributed by atoms with Crippen LogP contribution in [0.2, 0.25) is 0 Å². The van der Waals surface area contributed by atoms with E-state index in [1.165, 1.54) is 19.2 Å². The molecular weight excluding hydrogens is 319 g/mol. The highest BCUT2D eigenvalue weighted by Crippen LogP contribution is 2.34. The molecule has 0 saturated carbocycles. The van der Waals surface area contributed by atoms with Gasteiger partial charge in [0.25, 0.3) is 0 Å². The Morgan fingerprint density at radius 2 is 1.75 bits per heavy atom. The summed E-state index contributed by atoms with van der Waals surface area (Å²) in [5, 5.41) is 0.852. The Labute approximate surface area is 136 Å². The summed E-state index contributed by atoms with van der Waals surface area (Å²) < 4.78 is 44.6. The van der Waals surface area contributed by atoms with E-state index in [2.05, 4.69) is 0 Å². The van der Waals surface area contributed by atoms with Crippen molar-refractivity contribution in [2.24, 2.45) is 7.05 Å². The monoisotopic (exact) mass is 333 g/mol. The first-order valence-corrected chi connectivity index (χ1v) is 7.16. The van der Waals surface area contributed by atoms with E-state index in [9.17, 15) is 18.0 Å². The van der Waals surface area contributed by atoms with Crippen molar-refractivity contribution in [2.45, 2.75) is 6.18 Å². The molecule has 3 aromatic rings. The van der Waals surface area contributed by atoms with E-state index in [0.717, 1.165) is 28.6 Å². The molecule has 124 valence electrons. The number of esters is 1. The number of aromatic nitrogens is 1. The zero-order valence-electron chi connectivity index (χ0n) is 13.0. The molecular formula is C18H14F3NO2. The van der Waals surface area contributed by atoms with Crippen molar-refractivity contribution in [2.75, 3.05) is 7.11 Å². The van der Waals surface area contributed by atoms with E-state index in [0.29, 0.717) is 11.1 Å². The smallest absolute Gasteiger partial charge is 0.416 e. The van der Waals surface area contributed by atoms with Crippen molar-refractivity contribution in [3.63, 3.8) is 0 Å². The number of alkyl halides is 3. The zero-order valence-corrected chi connectivity index (χ0v) is 13.0. The molecule has 0 spiro atoms. The molecule has 2 aromatic carbocycles. The maximum Gasteiger partial charge on any atom is 0.416 e. The fourth-order valence-corrected chi connectivity index (χ4v) is 2.70. The highest BCUT2D eigenvalue weighted by molar-refractivity contribution is 6.00. The van der Waals surface area contributed by atoms with Crippen molar-refractivity contribution in [1.82, 2.24) is 4.57 Å². The molecule has 1 aromatic heterocycles. The molecule has 0 aliphatic carbocycles. The van der Waals surface area contributed by atoms with Gasteiger partial charge in [0.15, 0.2) is 0 Å². The van der Waals surface area contributed by atoms with Crippen LogP contribution in [0.25, 0.3) is 22.0 Å². The first kappa shape index (κ1) is 16.1. The average molecular weight is 333 g/mol. The minimum Gasteiger partial charge on any atom is -0.465 e. The molecule has 6 heteroatoms. The van der Waals surface area contributed by atoms with Crippen LogP contribution in [0.1, 0.15) is 15.9 Å². The Morgan fingerprint density at radius 3 is 2.33 bits per heavy atom. The van der Waals surface area contributed by atoms with Crippen LogP contribution in [0.5, 0.6) is 0 Å². The first-order valence-electron chi connectivity index (χ1n) is 7.16. The molecule has 0 N–H and O–H groups in total. The lowest BCUT2D eigenvalue weighted by atomic mass is 10.0. The number of fused-ring (bicyclic) bond motifs is 1. The number of carbonyl (C=O) groups excluding carboxylic acids is 1. The molecule has 24 heavy (non-hydrogen) atoms. The summed E-state index contributed by atoms with van der Waals surface area (Å²) in [6.07, 6.45) is -2.53. The molecule has 0 aliphatic heterocycles. The lowest BCUT2D eigenvalue weighted by Gasteiger charge is -2.07. The van der Waals surface area contributed by atoms with E-state index in [1.807, 2.05) is 17.8 Å². The molecule has 3 rings (SSSR count). The van der Waals surface area contributed by atoms with Gasteiger partial charge in [-0.3, -0.25) is 0 Å². The molecule has 0 fully saturated rings. The molecule has 0 bridgehead atoms. The van der Waals surface area contributed by atoms with E-state index < -0.39 is 17.7 Å². The van der Waals surface area contributed by atoms with Crippen LogP contribution in [-0.4, -0.2) is 17.6 Å². The van der Waals surface area contributed by atoms with Crippen molar-refractivity contribution in [3.8, 4) is 11.1 Å². The van der Waals surface area contributed by atoms with Crippen molar-refractivity contribution < 1.29 is 22.7 Å². The van der Waals surface area contributed by atoms with Crippen LogP contribution < -0.4 is 0 Å². The first-order chi connectivity index (χ1) is 11.3. The molecule has 0 atom stereocenters. The fourth-order valence-electron chi connectivity index (χ4n) is 2.70. The highest BCUT2D eigenvalue weighted by atomic mass is 19.4. The van der Waals surface area contributed by atoms with Gasteiger partial charge in [0, 0.05) is 29.7 Å². The van der Waals surface area contributed by atoms with E-state index in [-0.39, 0.29) is 0 Å². The summed E-state index contributed by atoms with van der Waals surface area (Å²) in [7, 11) is 3.13. The van der Waals surface area contributed by atoms with Crippen LogP contribution in [0.15, 0.2) is 48.7 Å². The van der Waals surface area contributed by atoms with Crippen LogP contribution in [-0.2, 0) is 18.0 Å². The Morgan fingerprint density at radius 1 is 1.08 bits per heavy atom. The number of aryl methyl sites for hydroxylation is 1. The van der Waals surface area contributed by atoms with Gasteiger partial charge in [-0.05, 0) is 29.8 Å². The number of nitrogens with zero attached hydrogens (tertiary/aromatic N) is 1. The molecule has 0 unspecified atom stereocenters. The highest BCUT2D eigenvalue weighted by Gasteiger charge is 2.30. The Hall–Kier alpha value is -2.76. The topological polar surface area (TPSA) is 31.2 Å². The van der Waals surface area contributed by atoms with Gasteiger partial charge in [-0.2, -0.15) is 13.2 Å². The second-order valence-corrected chi connectivity index (χ2v) is 5.45. The van der Waals surface area contributed by atoms with Gasteiger partial charge in [-0.1, -0.05) is 18.2 Å². The summed E-state index contributed by atoms with van der Waals surface area (Å²) in [4.78, 5) is 11.6. The lowest BCUT2D eigenvalue weighted by molar-refractivity contribution is -0.137. The molecule has 0 radical (unpaired) electrons. The number of benzene rings is 2. The lowest BCUT2D eigenvalue weighted by Crippen LogP contribution is -2.03. The van der Waals surface area contributed by atoms with E-state index in [4.69, 9.17) is 4.74 Å². The number of ether oxygens (including phenoxy) is 1. The molecule has 3 nitrogen and oxygen atoms in total. The SMILES string of the molecule is COC(=O)c1ccc2c(-c3ccc(C(F)(F)F)cc3)cn(C)c2c1. The van der Waals surface area contributed by atoms with Crippen LogP contribution >= 0.6 is 0 Å². The number of hydrogen-bond donors (Lipinski definition) is 0. The van der Waals surface area contributed by atoms with Gasteiger partial charge >= 0.3 is 12.1 Å². The molecule has 0 amide bonds. The van der Waals surface area contributed by atoms with Crippen molar-refractivity contribution >= 4 is 16.9 Å². The third-order valence-corrected chi connectivity index (χ3v) is 3.93. The van der Waals surface area contributed by atoms with Gasteiger partial charge in [0.1, 0.15) is 0 Å². The van der Waals surface area contributed by atoms with Gasteiger partial charge in [-0.25, -0.2) is 4.79 Å². The number of halogens is 3. The minimum atomic E-state index is -4.35. The van der Waals surface area contributed by atoms with Gasteiger partial charge in [0.2, 0.25) is 0 Å². The van der Waals surface area contributed by atoms with Gasteiger partial charge in [0.05, 0.1) is 18.2 Å². The van der Waals surface area contributed by atoms with E-state index in [1.54, 1.807) is 18.2 Å². The quantitative estimate of drug-likeness (QED) is 0.639. The second kappa shape index (κ2) is 5.70. The number of rotatable bonds is 2. The standard InChI is InChI=1S/C18H14F3NO2/c1-22-10-15(11-3-6-13(7-4-11)18(19,20)21)14-8-5-12(9-16(14)22)17(23)24-2/h3-10H,1-2H3. The Balaban J connectivity index is 2.09. The third-order valence-electron chi connectivity index (χ3n) is 3.93. The fraction of sp³-hybridized carbons (Fsp3) is 0.167. The number of methoxy groups -OCH3 is 1. The van der Waals surface area contributed by atoms with Crippen LogP contribution in [0.3, 0.4) is 0 Å². The summed E-state index contributed by atoms with van der Waals surface area (Å²) >= 11 is 0.